The molecule has 1 heterocycles. The number of sulfone groups is 1. The first-order valence-corrected chi connectivity index (χ1v) is 12.1. The van der Waals surface area contributed by atoms with Gasteiger partial charge in [0.25, 0.3) is 0 Å². The van der Waals surface area contributed by atoms with Crippen molar-refractivity contribution in [3.05, 3.63) is 29.8 Å². The summed E-state index contributed by atoms with van der Waals surface area (Å²) in [6.07, 6.45) is 1.20. The number of halogens is 1. The Morgan fingerprint density at radius 2 is 1.87 bits per heavy atom. The van der Waals surface area contributed by atoms with Crippen LogP contribution < -0.4 is 15.4 Å². The van der Waals surface area contributed by atoms with Crippen molar-refractivity contribution in [1.82, 2.24) is 15.5 Å². The molecule has 0 aromatic heterocycles. The molecule has 31 heavy (non-hydrogen) atoms. The molecule has 0 aliphatic carbocycles. The maximum absolute atomic E-state index is 11.1. The first-order chi connectivity index (χ1) is 14.4. The number of hydrogen-bond acceptors (Lipinski definition) is 7. The van der Waals surface area contributed by atoms with Crippen LogP contribution in [0.5, 0.6) is 5.75 Å². The van der Waals surface area contributed by atoms with Crippen LogP contribution in [0.15, 0.2) is 29.3 Å². The quantitative estimate of drug-likeness (QED) is 0.175. The zero-order chi connectivity index (χ0) is 21.8. The molecule has 1 fully saturated rings. The van der Waals surface area contributed by atoms with Crippen molar-refractivity contribution in [2.75, 3.05) is 78.8 Å². The zero-order valence-corrected chi connectivity index (χ0v) is 21.6. The molecule has 2 N–H and O–H groups in total. The van der Waals surface area contributed by atoms with Gasteiger partial charge in [0.2, 0.25) is 0 Å². The van der Waals surface area contributed by atoms with E-state index in [2.05, 4.69) is 32.7 Å². The highest BCUT2D eigenvalue weighted by Crippen LogP contribution is 2.23. The molecule has 1 aliphatic heterocycles. The average Bonchev–Trinajstić information content (AvgIpc) is 2.75. The molecular weight excluding hydrogens is 535 g/mol. The van der Waals surface area contributed by atoms with Gasteiger partial charge < -0.3 is 24.8 Å². The van der Waals surface area contributed by atoms with Gasteiger partial charge in [-0.1, -0.05) is 12.1 Å². The Morgan fingerprint density at radius 1 is 1.19 bits per heavy atom. The Balaban J connectivity index is 0.00000480. The van der Waals surface area contributed by atoms with Crippen LogP contribution in [0.3, 0.4) is 0 Å². The first kappa shape index (κ1) is 27.9. The maximum Gasteiger partial charge on any atom is 0.191 e. The topological polar surface area (TPSA) is 101 Å². The summed E-state index contributed by atoms with van der Waals surface area (Å²) in [6.45, 7) is 5.02. The molecule has 1 aromatic rings. The molecule has 0 radical (unpaired) electrons. The standard InChI is InChI=1S/C20H34N4O5S.HI/c1-21-20(22-8-11-28-14-15-30(3,25)26)23-16-19(24-9-12-29-13-10-24)17-4-6-18(27-2)7-5-17;/h4-7,19H,8-16H2,1-3H3,(H2,21,22,23);1H. The number of hydrogen-bond donors (Lipinski definition) is 2. The number of guanidine groups is 1. The van der Waals surface area contributed by atoms with Crippen molar-refractivity contribution < 1.29 is 22.6 Å². The van der Waals surface area contributed by atoms with Crippen LogP contribution in [0.1, 0.15) is 11.6 Å². The normalized spacial score (nSPS) is 16.3. The summed E-state index contributed by atoms with van der Waals surface area (Å²) < 4.78 is 38.4. The van der Waals surface area contributed by atoms with Crippen molar-refractivity contribution in [2.24, 2.45) is 4.99 Å². The molecule has 0 bridgehead atoms. The van der Waals surface area contributed by atoms with E-state index in [1.165, 1.54) is 11.8 Å². The van der Waals surface area contributed by atoms with Gasteiger partial charge in [-0.25, -0.2) is 8.42 Å². The number of nitrogens with one attached hydrogen (secondary N) is 2. The van der Waals surface area contributed by atoms with Crippen LogP contribution in [0.25, 0.3) is 0 Å². The van der Waals surface area contributed by atoms with Crippen LogP contribution in [-0.2, 0) is 19.3 Å². The van der Waals surface area contributed by atoms with Gasteiger partial charge in [0.05, 0.1) is 45.3 Å². The van der Waals surface area contributed by atoms with Gasteiger partial charge in [0.1, 0.15) is 15.6 Å². The van der Waals surface area contributed by atoms with Crippen LogP contribution in [0, 0.1) is 0 Å². The van der Waals surface area contributed by atoms with Gasteiger partial charge in [-0.05, 0) is 17.7 Å². The van der Waals surface area contributed by atoms with Gasteiger partial charge in [0, 0.05) is 39.5 Å². The van der Waals surface area contributed by atoms with E-state index in [-0.39, 0.29) is 42.4 Å². The number of methoxy groups -OCH3 is 1. The van der Waals surface area contributed by atoms with Crippen LogP contribution in [0.2, 0.25) is 0 Å². The van der Waals surface area contributed by atoms with Crippen LogP contribution in [0.4, 0.5) is 0 Å². The van der Waals surface area contributed by atoms with E-state index < -0.39 is 9.84 Å². The summed E-state index contributed by atoms with van der Waals surface area (Å²) >= 11 is 0. The molecule has 1 unspecified atom stereocenters. The molecular formula is C20H35IN4O5S. The number of benzene rings is 1. The lowest BCUT2D eigenvalue weighted by Gasteiger charge is -2.35. The van der Waals surface area contributed by atoms with Crippen LogP contribution >= 0.6 is 24.0 Å². The third-order valence-corrected chi connectivity index (χ3v) is 5.72. The molecule has 1 atom stereocenters. The Morgan fingerprint density at radius 3 is 2.45 bits per heavy atom. The SMILES string of the molecule is CN=C(NCCOCCS(C)(=O)=O)NCC(c1ccc(OC)cc1)N1CCOCC1.I. The molecule has 1 saturated heterocycles. The fraction of sp³-hybridized carbons (Fsp3) is 0.650. The van der Waals surface area contributed by atoms with Crippen molar-refractivity contribution in [3.8, 4) is 5.75 Å². The summed E-state index contributed by atoms with van der Waals surface area (Å²) in [7, 11) is 0.387. The molecule has 0 spiro atoms. The van der Waals surface area contributed by atoms with Crippen molar-refractivity contribution >= 4 is 39.8 Å². The van der Waals surface area contributed by atoms with E-state index in [9.17, 15) is 8.42 Å². The lowest BCUT2D eigenvalue weighted by atomic mass is 10.0. The molecule has 1 aliphatic rings. The highest BCUT2D eigenvalue weighted by molar-refractivity contribution is 14.0. The minimum Gasteiger partial charge on any atom is -0.497 e. The second-order valence-electron chi connectivity index (χ2n) is 7.06. The summed E-state index contributed by atoms with van der Waals surface area (Å²) in [4.78, 5) is 6.67. The molecule has 178 valence electrons. The zero-order valence-electron chi connectivity index (χ0n) is 18.5. The highest BCUT2D eigenvalue weighted by atomic mass is 127. The molecule has 1 aromatic carbocycles. The monoisotopic (exact) mass is 570 g/mol. The number of rotatable bonds is 11. The largest absolute Gasteiger partial charge is 0.497 e. The third-order valence-electron chi connectivity index (χ3n) is 4.81. The third kappa shape index (κ3) is 10.8. The minimum atomic E-state index is -3.00. The van der Waals surface area contributed by atoms with Gasteiger partial charge >= 0.3 is 0 Å². The Hall–Kier alpha value is -1.15. The highest BCUT2D eigenvalue weighted by Gasteiger charge is 2.23. The smallest absolute Gasteiger partial charge is 0.191 e. The average molecular weight is 570 g/mol. The van der Waals surface area contributed by atoms with E-state index >= 15 is 0 Å². The Labute approximate surface area is 202 Å². The fourth-order valence-electron chi connectivity index (χ4n) is 3.14. The number of nitrogens with zero attached hydrogens (tertiary/aromatic N) is 2. The summed E-state index contributed by atoms with van der Waals surface area (Å²) in [5.74, 6) is 1.54. The molecule has 2 rings (SSSR count). The lowest BCUT2D eigenvalue weighted by Crippen LogP contribution is -2.46. The lowest BCUT2D eigenvalue weighted by molar-refractivity contribution is 0.0170. The molecule has 0 amide bonds. The Bertz CT molecular complexity index is 755. The first-order valence-electron chi connectivity index (χ1n) is 10.1. The van der Waals surface area contributed by atoms with Crippen LogP contribution in [-0.4, -0.2) is 98.0 Å². The Kier molecular flexibility index (Phi) is 13.3. The van der Waals surface area contributed by atoms with E-state index in [0.29, 0.717) is 25.7 Å². The number of ether oxygens (including phenoxy) is 3. The second-order valence-corrected chi connectivity index (χ2v) is 9.32. The van der Waals surface area contributed by atoms with Crippen molar-refractivity contribution in [2.45, 2.75) is 6.04 Å². The number of aliphatic imine (C=N–C) groups is 1. The second kappa shape index (κ2) is 14.8. The summed E-state index contributed by atoms with van der Waals surface area (Å²) in [6, 6.07) is 8.30. The fourth-order valence-corrected chi connectivity index (χ4v) is 3.56. The molecule has 11 heteroatoms. The van der Waals surface area contributed by atoms with Gasteiger partial charge in [-0.3, -0.25) is 9.89 Å². The van der Waals surface area contributed by atoms with E-state index in [1.54, 1.807) is 14.2 Å². The summed E-state index contributed by atoms with van der Waals surface area (Å²) in [5, 5.41) is 6.58. The van der Waals surface area contributed by atoms with Gasteiger partial charge in [-0.15, -0.1) is 24.0 Å². The minimum absolute atomic E-state index is 0. The summed E-state index contributed by atoms with van der Waals surface area (Å²) in [5.41, 5.74) is 1.20. The predicted octanol–water partition coefficient (Wildman–Crippen LogP) is 0.913. The molecule has 9 nitrogen and oxygen atoms in total. The molecule has 0 saturated carbocycles. The van der Waals surface area contributed by atoms with E-state index in [4.69, 9.17) is 14.2 Å². The van der Waals surface area contributed by atoms with Gasteiger partial charge in [-0.2, -0.15) is 0 Å². The number of morpholine rings is 1. The van der Waals surface area contributed by atoms with E-state index in [0.717, 1.165) is 32.1 Å². The maximum atomic E-state index is 11.1. The van der Waals surface area contributed by atoms with E-state index in [1.807, 2.05) is 12.1 Å². The van der Waals surface area contributed by atoms with Gasteiger partial charge in [0.15, 0.2) is 5.96 Å². The van der Waals surface area contributed by atoms with Crippen molar-refractivity contribution in [1.29, 1.82) is 0 Å². The predicted molar refractivity (Wildman–Crippen MR) is 133 cm³/mol. The van der Waals surface area contributed by atoms with Crippen molar-refractivity contribution in [3.63, 3.8) is 0 Å².